The first-order chi connectivity index (χ1) is 18.0. The molecule has 0 aliphatic rings. The monoisotopic (exact) mass is 524 g/mol. The van der Waals surface area contributed by atoms with Crippen molar-refractivity contribution in [3.8, 4) is 11.1 Å². The Morgan fingerprint density at radius 3 is 2.24 bits per heavy atom. The quantitative estimate of drug-likeness (QED) is 0.266. The van der Waals surface area contributed by atoms with Crippen LogP contribution in [0.15, 0.2) is 66.7 Å². The van der Waals surface area contributed by atoms with Crippen LogP contribution in [0.3, 0.4) is 0 Å². The Hall–Kier alpha value is -3.95. The Morgan fingerprint density at radius 1 is 0.921 bits per heavy atom. The minimum absolute atomic E-state index is 0.0436. The van der Waals surface area contributed by atoms with Gasteiger partial charge >= 0.3 is 5.97 Å². The third kappa shape index (κ3) is 8.03. The van der Waals surface area contributed by atoms with Gasteiger partial charge < -0.3 is 20.8 Å². The maximum Gasteiger partial charge on any atom is 0.305 e. The molecular weight excluding hydrogens is 494 g/mol. The number of hydrogen-bond donors (Lipinski definition) is 4. The van der Waals surface area contributed by atoms with Gasteiger partial charge in [0.25, 0.3) is 0 Å². The van der Waals surface area contributed by atoms with Gasteiger partial charge in [-0.3, -0.25) is 14.4 Å². The third-order valence-electron chi connectivity index (χ3n) is 6.09. The average Bonchev–Trinajstić information content (AvgIpc) is 2.85. The van der Waals surface area contributed by atoms with E-state index < -0.39 is 41.7 Å². The summed E-state index contributed by atoms with van der Waals surface area (Å²) in [5, 5.41) is 26.0. The van der Waals surface area contributed by atoms with E-state index in [2.05, 4.69) is 10.6 Å². The van der Waals surface area contributed by atoms with Crippen LogP contribution in [-0.4, -0.2) is 46.6 Å². The van der Waals surface area contributed by atoms with Crippen molar-refractivity contribution in [2.24, 2.45) is 0 Å². The van der Waals surface area contributed by atoms with E-state index >= 15 is 0 Å². The molecule has 0 saturated carbocycles. The summed E-state index contributed by atoms with van der Waals surface area (Å²) in [6.45, 7) is 2.62. The minimum atomic E-state index is -1.21. The number of ketones is 1. The Bertz CT molecular complexity index is 1290. The molecule has 0 spiro atoms. The van der Waals surface area contributed by atoms with Crippen LogP contribution >= 0.6 is 0 Å². The molecule has 0 aliphatic carbocycles. The molecule has 3 aromatic carbocycles. The second kappa shape index (κ2) is 13.0. The van der Waals surface area contributed by atoms with Crippen LogP contribution in [0.5, 0.6) is 0 Å². The van der Waals surface area contributed by atoms with Gasteiger partial charge in [0.05, 0.1) is 18.6 Å². The number of carbonyl (C=O) groups is 3. The number of rotatable bonds is 12. The molecule has 3 rings (SSSR count). The standard InChI is InChI=1S/C29H30F2N2O5/c1-17(34)24-8-3-4-9-25(24)20-6-5-7-21(13-20)26(15-29(37)38)32-16-28(36)27(33-18(2)35)12-19-10-22(30)14-23(31)11-19/h3-11,13-14,26-28,32,36H,12,15-16H2,1-2H3,(H,33,35)(H,37,38)/t26?,27-,28+/m0/s1. The van der Waals surface area contributed by atoms with E-state index in [-0.39, 0.29) is 30.7 Å². The van der Waals surface area contributed by atoms with E-state index in [4.69, 9.17) is 0 Å². The number of carboxylic acids is 1. The summed E-state index contributed by atoms with van der Waals surface area (Å²) in [6, 6.07) is 15.6. The number of aliphatic carboxylic acids is 1. The molecule has 1 amide bonds. The molecule has 7 nitrogen and oxygen atoms in total. The maximum absolute atomic E-state index is 13.7. The number of aliphatic hydroxyl groups is 1. The summed E-state index contributed by atoms with van der Waals surface area (Å²) < 4.78 is 27.3. The number of carbonyl (C=O) groups excluding carboxylic acids is 2. The second-order valence-electron chi connectivity index (χ2n) is 9.14. The number of nitrogens with one attached hydrogen (secondary N) is 2. The zero-order valence-corrected chi connectivity index (χ0v) is 21.1. The van der Waals surface area contributed by atoms with Gasteiger partial charge in [-0.15, -0.1) is 0 Å². The van der Waals surface area contributed by atoms with Crippen LogP contribution in [0.2, 0.25) is 0 Å². The van der Waals surface area contributed by atoms with Crippen LogP contribution in [0, 0.1) is 11.6 Å². The van der Waals surface area contributed by atoms with Crippen molar-refractivity contribution in [1.82, 2.24) is 10.6 Å². The van der Waals surface area contributed by atoms with E-state index in [1.165, 1.54) is 13.8 Å². The van der Waals surface area contributed by atoms with Crippen molar-refractivity contribution < 1.29 is 33.4 Å². The summed E-state index contributed by atoms with van der Waals surface area (Å²) in [5.74, 6) is -3.16. The lowest BCUT2D eigenvalue weighted by molar-refractivity contribution is -0.137. The van der Waals surface area contributed by atoms with Crippen LogP contribution in [0.1, 0.15) is 47.8 Å². The van der Waals surface area contributed by atoms with Crippen LogP contribution < -0.4 is 10.6 Å². The molecule has 3 atom stereocenters. The summed E-state index contributed by atoms with van der Waals surface area (Å²) >= 11 is 0. The van der Waals surface area contributed by atoms with Gasteiger partial charge in [-0.05, 0) is 53.8 Å². The lowest BCUT2D eigenvalue weighted by atomic mass is 9.93. The number of benzene rings is 3. The minimum Gasteiger partial charge on any atom is -0.481 e. The molecule has 0 fully saturated rings. The van der Waals surface area contributed by atoms with Crippen molar-refractivity contribution >= 4 is 17.7 Å². The molecule has 1 unspecified atom stereocenters. The zero-order chi connectivity index (χ0) is 27.8. The molecular formula is C29H30F2N2O5. The zero-order valence-electron chi connectivity index (χ0n) is 21.1. The Labute approximate surface area is 219 Å². The first kappa shape index (κ1) is 28.6. The number of Topliss-reactive ketones (excluding diaryl/α,β-unsaturated/α-hetero) is 1. The Balaban J connectivity index is 1.82. The first-order valence-corrected chi connectivity index (χ1v) is 12.1. The smallest absolute Gasteiger partial charge is 0.305 e. The van der Waals surface area contributed by atoms with Crippen LogP contribution in [0.4, 0.5) is 8.78 Å². The predicted octanol–water partition coefficient (Wildman–Crippen LogP) is 4.05. The molecule has 9 heteroatoms. The molecule has 200 valence electrons. The highest BCUT2D eigenvalue weighted by atomic mass is 19.1. The molecule has 0 aromatic heterocycles. The van der Waals surface area contributed by atoms with Crippen molar-refractivity contribution in [2.75, 3.05) is 6.54 Å². The maximum atomic E-state index is 13.7. The van der Waals surface area contributed by atoms with E-state index in [1.54, 1.807) is 30.3 Å². The lowest BCUT2D eigenvalue weighted by Gasteiger charge is -2.27. The van der Waals surface area contributed by atoms with E-state index in [0.717, 1.165) is 23.8 Å². The van der Waals surface area contributed by atoms with Crippen molar-refractivity contribution in [3.63, 3.8) is 0 Å². The molecule has 0 bridgehead atoms. The summed E-state index contributed by atoms with van der Waals surface area (Å²) in [6.07, 6.45) is -1.55. The van der Waals surface area contributed by atoms with Crippen molar-refractivity contribution in [3.05, 3.63) is 95.1 Å². The van der Waals surface area contributed by atoms with Crippen molar-refractivity contribution in [2.45, 2.75) is 44.9 Å². The highest BCUT2D eigenvalue weighted by molar-refractivity contribution is 6.00. The first-order valence-electron chi connectivity index (χ1n) is 12.1. The van der Waals surface area contributed by atoms with E-state index in [1.807, 2.05) is 18.2 Å². The van der Waals surface area contributed by atoms with E-state index in [9.17, 15) is 33.4 Å². The van der Waals surface area contributed by atoms with Crippen LogP contribution in [-0.2, 0) is 16.0 Å². The summed E-state index contributed by atoms with van der Waals surface area (Å²) in [7, 11) is 0. The van der Waals surface area contributed by atoms with E-state index in [0.29, 0.717) is 16.7 Å². The normalized spacial score (nSPS) is 13.4. The SMILES string of the molecule is CC(=O)N[C@@H](Cc1cc(F)cc(F)c1)[C@H](O)CNC(CC(=O)O)c1cccc(-c2ccccc2C(C)=O)c1. The fraction of sp³-hybridized carbons (Fsp3) is 0.276. The van der Waals surface area contributed by atoms with Gasteiger partial charge in [0.1, 0.15) is 11.6 Å². The molecule has 3 aromatic rings. The van der Waals surface area contributed by atoms with Gasteiger partial charge in [-0.1, -0.05) is 42.5 Å². The number of amides is 1. The summed E-state index contributed by atoms with van der Waals surface area (Å²) in [4.78, 5) is 35.5. The fourth-order valence-corrected chi connectivity index (χ4v) is 4.38. The van der Waals surface area contributed by atoms with Crippen molar-refractivity contribution in [1.29, 1.82) is 0 Å². The predicted molar refractivity (Wildman–Crippen MR) is 139 cm³/mol. The third-order valence-corrected chi connectivity index (χ3v) is 6.09. The largest absolute Gasteiger partial charge is 0.481 e. The molecule has 4 N–H and O–H groups in total. The molecule has 0 heterocycles. The number of halogens is 2. The molecule has 0 saturated heterocycles. The second-order valence-corrected chi connectivity index (χ2v) is 9.14. The Kier molecular flexibility index (Phi) is 9.81. The topological polar surface area (TPSA) is 116 Å². The van der Waals surface area contributed by atoms with Gasteiger partial charge in [-0.2, -0.15) is 0 Å². The van der Waals surface area contributed by atoms with Gasteiger partial charge in [-0.25, -0.2) is 8.78 Å². The summed E-state index contributed by atoms with van der Waals surface area (Å²) in [5.41, 5.74) is 2.85. The van der Waals surface area contributed by atoms with Gasteiger partial charge in [0, 0.05) is 31.1 Å². The number of aliphatic hydroxyl groups excluding tert-OH is 1. The highest BCUT2D eigenvalue weighted by Crippen LogP contribution is 2.28. The molecule has 0 aliphatic heterocycles. The lowest BCUT2D eigenvalue weighted by Crippen LogP contribution is -2.48. The van der Waals surface area contributed by atoms with Crippen LogP contribution in [0.25, 0.3) is 11.1 Å². The Morgan fingerprint density at radius 2 is 1.61 bits per heavy atom. The molecule has 38 heavy (non-hydrogen) atoms. The highest BCUT2D eigenvalue weighted by Gasteiger charge is 2.24. The number of hydrogen-bond acceptors (Lipinski definition) is 5. The molecule has 0 radical (unpaired) electrons. The fourth-order valence-electron chi connectivity index (χ4n) is 4.38. The van der Waals surface area contributed by atoms with Gasteiger partial charge in [0.15, 0.2) is 5.78 Å². The van der Waals surface area contributed by atoms with Gasteiger partial charge in [0.2, 0.25) is 5.91 Å². The average molecular weight is 525 g/mol. The number of carboxylic acid groups (broad SMARTS) is 1.